The zero-order valence-corrected chi connectivity index (χ0v) is 29.3. The minimum absolute atomic E-state index is 0.576. The van der Waals surface area contributed by atoms with E-state index in [0.717, 1.165) is 78.3 Å². The first kappa shape index (κ1) is 32.4. The normalized spacial score (nSPS) is 10.9. The fourth-order valence-electron chi connectivity index (χ4n) is 6.91. The van der Waals surface area contributed by atoms with E-state index in [4.69, 9.17) is 15.0 Å². The molecule has 2 aromatic heterocycles. The van der Waals surface area contributed by atoms with Crippen LogP contribution >= 0.6 is 0 Å². The maximum absolute atomic E-state index is 9.68. The molecule has 0 aliphatic rings. The van der Waals surface area contributed by atoms with Gasteiger partial charge >= 0.3 is 0 Å². The summed E-state index contributed by atoms with van der Waals surface area (Å²) in [6, 6.07) is 68.6. The van der Waals surface area contributed by atoms with Gasteiger partial charge in [-0.2, -0.15) is 5.26 Å². The van der Waals surface area contributed by atoms with E-state index in [-0.39, 0.29) is 0 Å². The summed E-state index contributed by atoms with van der Waals surface area (Å²) in [5, 5.41) is 9.68. The Morgan fingerprint density at radius 2 is 0.704 bits per heavy atom. The van der Waals surface area contributed by atoms with E-state index in [9.17, 15) is 5.26 Å². The van der Waals surface area contributed by atoms with Crippen LogP contribution in [0.25, 0.3) is 89.4 Å². The molecule has 0 N–H and O–H groups in total. The van der Waals surface area contributed by atoms with Gasteiger partial charge in [0.05, 0.1) is 45.4 Å². The minimum atomic E-state index is 0.576. The lowest BCUT2D eigenvalue weighted by Crippen LogP contribution is -1.96. The van der Waals surface area contributed by atoms with Crippen molar-refractivity contribution in [3.8, 4) is 84.5 Å². The minimum Gasteiger partial charge on any atom is -0.248 e. The summed E-state index contributed by atoms with van der Waals surface area (Å²) in [5.74, 6) is 0. The SMILES string of the molecule is N#Cc1cccc(-c2nc3ccccc3nc2-c2cccc(-c3cc(-c4ccc(-c5ccccc5)cc4)nc(-c4ccc(-c5ccccc5)cc4)c3)c2)c1. The molecule has 0 aliphatic heterocycles. The molecule has 9 aromatic rings. The Kier molecular flexibility index (Phi) is 8.57. The number of nitriles is 1. The van der Waals surface area contributed by atoms with Gasteiger partial charge in [0, 0.05) is 22.3 Å². The second-order valence-corrected chi connectivity index (χ2v) is 13.2. The van der Waals surface area contributed by atoms with Crippen molar-refractivity contribution >= 4 is 11.0 Å². The Bertz CT molecular complexity index is 2700. The molecule has 7 aromatic carbocycles. The van der Waals surface area contributed by atoms with Crippen molar-refractivity contribution < 1.29 is 0 Å². The van der Waals surface area contributed by atoms with Crippen LogP contribution in [0.15, 0.2) is 194 Å². The number of para-hydroxylation sites is 2. The van der Waals surface area contributed by atoms with Gasteiger partial charge in [0.1, 0.15) is 0 Å². The first-order valence-corrected chi connectivity index (χ1v) is 17.9. The fraction of sp³-hybridized carbons (Fsp3) is 0. The molecule has 0 fully saturated rings. The van der Waals surface area contributed by atoms with E-state index in [1.807, 2.05) is 54.6 Å². The molecule has 4 heteroatoms. The van der Waals surface area contributed by atoms with Crippen LogP contribution in [-0.2, 0) is 0 Å². The number of rotatable bonds is 7. The molecular weight excluding hydrogens is 657 g/mol. The molecule has 0 saturated heterocycles. The molecule has 0 saturated carbocycles. The van der Waals surface area contributed by atoms with Crippen LogP contribution in [0.3, 0.4) is 0 Å². The zero-order chi connectivity index (χ0) is 36.3. The van der Waals surface area contributed by atoms with Gasteiger partial charge in [-0.05, 0) is 75.8 Å². The van der Waals surface area contributed by atoms with Crippen molar-refractivity contribution in [2.24, 2.45) is 0 Å². The van der Waals surface area contributed by atoms with Crippen LogP contribution < -0.4 is 0 Å². The maximum atomic E-state index is 9.68. The summed E-state index contributed by atoms with van der Waals surface area (Å²) in [5.41, 5.74) is 16.1. The second-order valence-electron chi connectivity index (χ2n) is 13.2. The fourth-order valence-corrected chi connectivity index (χ4v) is 6.91. The molecule has 0 radical (unpaired) electrons. The molecule has 0 amide bonds. The predicted molar refractivity (Wildman–Crippen MR) is 220 cm³/mol. The Morgan fingerprint density at radius 1 is 0.296 bits per heavy atom. The average molecular weight is 689 g/mol. The zero-order valence-electron chi connectivity index (χ0n) is 29.3. The van der Waals surface area contributed by atoms with Gasteiger partial charge in [-0.3, -0.25) is 0 Å². The molecule has 252 valence electrons. The number of fused-ring (bicyclic) bond motifs is 1. The highest BCUT2D eigenvalue weighted by atomic mass is 14.8. The Hall–Kier alpha value is -7.48. The van der Waals surface area contributed by atoms with Crippen molar-refractivity contribution in [3.63, 3.8) is 0 Å². The number of aromatic nitrogens is 3. The van der Waals surface area contributed by atoms with Gasteiger partial charge in [-0.1, -0.05) is 152 Å². The molecule has 54 heavy (non-hydrogen) atoms. The summed E-state index contributed by atoms with van der Waals surface area (Å²) in [6.45, 7) is 0. The molecule has 0 aliphatic carbocycles. The third-order valence-corrected chi connectivity index (χ3v) is 9.71. The number of nitrogens with zero attached hydrogens (tertiary/aromatic N) is 4. The molecule has 0 spiro atoms. The Balaban J connectivity index is 1.17. The van der Waals surface area contributed by atoms with Gasteiger partial charge in [0.15, 0.2) is 0 Å². The molecule has 2 heterocycles. The van der Waals surface area contributed by atoms with Gasteiger partial charge in [0.2, 0.25) is 0 Å². The highest BCUT2D eigenvalue weighted by Gasteiger charge is 2.16. The highest BCUT2D eigenvalue weighted by molar-refractivity contribution is 5.88. The largest absolute Gasteiger partial charge is 0.248 e. The lowest BCUT2D eigenvalue weighted by Gasteiger charge is -2.14. The lowest BCUT2D eigenvalue weighted by molar-refractivity contribution is 1.29. The molecule has 9 rings (SSSR count). The summed E-state index contributed by atoms with van der Waals surface area (Å²) in [7, 11) is 0. The smallest absolute Gasteiger partial charge is 0.0991 e. The summed E-state index contributed by atoms with van der Waals surface area (Å²) < 4.78 is 0. The molecule has 0 unspecified atom stereocenters. The van der Waals surface area contributed by atoms with Crippen LogP contribution in [0, 0.1) is 11.3 Å². The van der Waals surface area contributed by atoms with E-state index in [1.54, 1.807) is 6.07 Å². The van der Waals surface area contributed by atoms with E-state index >= 15 is 0 Å². The number of hydrogen-bond donors (Lipinski definition) is 0. The first-order chi connectivity index (χ1) is 26.7. The highest BCUT2D eigenvalue weighted by Crippen LogP contribution is 2.36. The Morgan fingerprint density at radius 3 is 1.22 bits per heavy atom. The Labute approximate surface area is 314 Å². The van der Waals surface area contributed by atoms with Gasteiger partial charge in [0.25, 0.3) is 0 Å². The molecular formula is C50H32N4. The first-order valence-electron chi connectivity index (χ1n) is 17.9. The van der Waals surface area contributed by atoms with E-state index in [1.165, 1.54) is 11.1 Å². The van der Waals surface area contributed by atoms with Crippen molar-refractivity contribution in [1.82, 2.24) is 15.0 Å². The molecule has 0 bridgehead atoms. The number of hydrogen-bond acceptors (Lipinski definition) is 4. The predicted octanol–water partition coefficient (Wildman–Crippen LogP) is 12.6. The monoisotopic (exact) mass is 688 g/mol. The van der Waals surface area contributed by atoms with Crippen LogP contribution in [0.4, 0.5) is 0 Å². The van der Waals surface area contributed by atoms with Crippen LogP contribution in [0.5, 0.6) is 0 Å². The second kappa shape index (κ2) is 14.3. The van der Waals surface area contributed by atoms with Crippen molar-refractivity contribution in [3.05, 3.63) is 200 Å². The van der Waals surface area contributed by atoms with Gasteiger partial charge < -0.3 is 0 Å². The summed E-state index contributed by atoms with van der Waals surface area (Å²) in [4.78, 5) is 15.5. The summed E-state index contributed by atoms with van der Waals surface area (Å²) >= 11 is 0. The maximum Gasteiger partial charge on any atom is 0.0991 e. The van der Waals surface area contributed by atoms with E-state index in [0.29, 0.717) is 5.56 Å². The van der Waals surface area contributed by atoms with Gasteiger partial charge in [-0.25, -0.2) is 15.0 Å². The average Bonchev–Trinajstić information content (AvgIpc) is 3.26. The standard InChI is InChI=1S/C50H32N4/c51-33-34-11-9-17-42(29-34)49-50(54-46-20-8-7-19-45(46)53-49)43-18-10-16-41(30-43)44-31-47(39-25-21-37(22-26-39)35-12-3-1-4-13-35)52-48(32-44)40-27-23-38(24-28-40)36-14-5-2-6-15-36/h1-32H. The lowest BCUT2D eigenvalue weighted by atomic mass is 9.95. The summed E-state index contributed by atoms with van der Waals surface area (Å²) in [6.07, 6.45) is 0. The van der Waals surface area contributed by atoms with Crippen molar-refractivity contribution in [1.29, 1.82) is 5.26 Å². The topological polar surface area (TPSA) is 62.5 Å². The molecule has 4 nitrogen and oxygen atoms in total. The van der Waals surface area contributed by atoms with Crippen LogP contribution in [0.1, 0.15) is 5.56 Å². The van der Waals surface area contributed by atoms with E-state index < -0.39 is 0 Å². The van der Waals surface area contributed by atoms with Gasteiger partial charge in [-0.15, -0.1) is 0 Å². The number of benzene rings is 7. The quantitative estimate of drug-likeness (QED) is 0.167. The van der Waals surface area contributed by atoms with Crippen molar-refractivity contribution in [2.75, 3.05) is 0 Å². The van der Waals surface area contributed by atoms with Crippen LogP contribution in [-0.4, -0.2) is 15.0 Å². The van der Waals surface area contributed by atoms with Crippen molar-refractivity contribution in [2.45, 2.75) is 0 Å². The van der Waals surface area contributed by atoms with E-state index in [2.05, 4.69) is 140 Å². The molecule has 0 atom stereocenters. The third kappa shape index (κ3) is 6.54. The third-order valence-electron chi connectivity index (χ3n) is 9.71. The van der Waals surface area contributed by atoms with Crippen LogP contribution in [0.2, 0.25) is 0 Å². The number of pyridine rings is 1.